The normalized spacial score (nSPS) is 16.8. The quantitative estimate of drug-likeness (QED) is 0.772. The summed E-state index contributed by atoms with van der Waals surface area (Å²) in [4.78, 5) is 14.7. The number of nitrogens with one attached hydrogen (secondary N) is 1. The SMILES string of the molecule is N#Cc1ccccc1NC(=O)CSc1nnc(N2CCCCC2)n1C1CC1. The van der Waals surface area contributed by atoms with Crippen LogP contribution in [0, 0.1) is 11.3 Å². The zero-order valence-electron chi connectivity index (χ0n) is 15.1. The van der Waals surface area contributed by atoms with E-state index in [9.17, 15) is 4.79 Å². The van der Waals surface area contributed by atoms with Crippen molar-refractivity contribution in [3.05, 3.63) is 29.8 Å². The van der Waals surface area contributed by atoms with E-state index in [2.05, 4.69) is 31.1 Å². The average Bonchev–Trinajstić information content (AvgIpc) is 3.46. The van der Waals surface area contributed by atoms with Crippen LogP contribution in [0.2, 0.25) is 0 Å². The first-order valence-corrected chi connectivity index (χ1v) is 10.4. The van der Waals surface area contributed by atoms with E-state index in [0.29, 0.717) is 17.3 Å². The third kappa shape index (κ3) is 4.08. The lowest BCUT2D eigenvalue weighted by molar-refractivity contribution is -0.113. The number of anilines is 2. The molecule has 1 aromatic heterocycles. The maximum Gasteiger partial charge on any atom is 0.234 e. The highest BCUT2D eigenvalue weighted by atomic mass is 32.2. The molecule has 1 amide bonds. The molecule has 140 valence electrons. The molecule has 1 saturated carbocycles. The number of carbonyl (C=O) groups excluding carboxylic acids is 1. The Morgan fingerprint density at radius 3 is 2.74 bits per heavy atom. The van der Waals surface area contributed by atoms with Crippen LogP contribution >= 0.6 is 11.8 Å². The Kier molecular flexibility index (Phi) is 5.30. The maximum atomic E-state index is 12.3. The van der Waals surface area contributed by atoms with E-state index in [-0.39, 0.29) is 11.7 Å². The minimum Gasteiger partial charge on any atom is -0.341 e. The molecule has 2 aromatic rings. The Morgan fingerprint density at radius 2 is 2.00 bits per heavy atom. The molecule has 1 aromatic carbocycles. The topological polar surface area (TPSA) is 86.8 Å². The molecule has 8 heteroatoms. The first-order chi connectivity index (χ1) is 13.3. The summed E-state index contributed by atoms with van der Waals surface area (Å²) in [5.74, 6) is 1.05. The molecular weight excluding hydrogens is 360 g/mol. The lowest BCUT2D eigenvalue weighted by Crippen LogP contribution is -2.32. The number of aromatic nitrogens is 3. The van der Waals surface area contributed by atoms with Crippen LogP contribution in [0.15, 0.2) is 29.4 Å². The fourth-order valence-corrected chi connectivity index (χ4v) is 4.14. The van der Waals surface area contributed by atoms with E-state index in [0.717, 1.165) is 37.0 Å². The Balaban J connectivity index is 1.43. The van der Waals surface area contributed by atoms with Gasteiger partial charge in [0.2, 0.25) is 11.9 Å². The van der Waals surface area contributed by atoms with Gasteiger partial charge in [-0.25, -0.2) is 0 Å². The van der Waals surface area contributed by atoms with Gasteiger partial charge in [0, 0.05) is 19.1 Å². The van der Waals surface area contributed by atoms with E-state index in [1.165, 1.54) is 31.0 Å². The number of rotatable bonds is 6. The van der Waals surface area contributed by atoms with Gasteiger partial charge >= 0.3 is 0 Å². The molecule has 2 heterocycles. The molecule has 0 unspecified atom stereocenters. The molecule has 1 saturated heterocycles. The van der Waals surface area contributed by atoms with Gasteiger partial charge in [-0.05, 0) is 44.2 Å². The van der Waals surface area contributed by atoms with Gasteiger partial charge in [-0.15, -0.1) is 10.2 Å². The number of piperidine rings is 1. The maximum absolute atomic E-state index is 12.3. The monoisotopic (exact) mass is 382 g/mol. The van der Waals surface area contributed by atoms with Crippen molar-refractivity contribution < 1.29 is 4.79 Å². The van der Waals surface area contributed by atoms with Crippen molar-refractivity contribution in [1.29, 1.82) is 5.26 Å². The van der Waals surface area contributed by atoms with Crippen LogP contribution in [-0.4, -0.2) is 39.5 Å². The van der Waals surface area contributed by atoms with Gasteiger partial charge in [-0.1, -0.05) is 23.9 Å². The summed E-state index contributed by atoms with van der Waals surface area (Å²) in [7, 11) is 0. The molecule has 1 aliphatic carbocycles. The van der Waals surface area contributed by atoms with E-state index in [1.807, 2.05) is 0 Å². The van der Waals surface area contributed by atoms with Crippen LogP contribution in [0.1, 0.15) is 43.7 Å². The Labute approximate surface area is 162 Å². The standard InChI is InChI=1S/C19H22N6OS/c20-12-14-6-2-3-7-16(14)21-17(26)13-27-19-23-22-18(25(19)15-8-9-15)24-10-4-1-5-11-24/h2-3,6-7,15H,1,4-5,8-11,13H2,(H,21,26). The van der Waals surface area contributed by atoms with Crippen LogP contribution in [0.4, 0.5) is 11.6 Å². The summed E-state index contributed by atoms with van der Waals surface area (Å²) in [5, 5.41) is 21.6. The van der Waals surface area contributed by atoms with Gasteiger partial charge in [-0.2, -0.15) is 5.26 Å². The Hall–Kier alpha value is -2.53. The number of hydrogen-bond acceptors (Lipinski definition) is 6. The largest absolute Gasteiger partial charge is 0.341 e. The number of nitriles is 1. The molecule has 0 atom stereocenters. The van der Waals surface area contributed by atoms with Gasteiger partial charge in [0.25, 0.3) is 0 Å². The smallest absolute Gasteiger partial charge is 0.234 e. The fraction of sp³-hybridized carbons (Fsp3) is 0.474. The molecule has 7 nitrogen and oxygen atoms in total. The summed E-state index contributed by atoms with van der Waals surface area (Å²) in [6, 6.07) is 9.57. The first kappa shape index (κ1) is 17.9. The highest BCUT2D eigenvalue weighted by Crippen LogP contribution is 2.41. The molecule has 1 N–H and O–H groups in total. The fourth-order valence-electron chi connectivity index (χ4n) is 3.34. The minimum atomic E-state index is -0.146. The van der Waals surface area contributed by atoms with E-state index in [1.54, 1.807) is 24.3 Å². The van der Waals surface area contributed by atoms with Gasteiger partial charge in [0.05, 0.1) is 17.0 Å². The van der Waals surface area contributed by atoms with Crippen molar-refractivity contribution in [3.8, 4) is 6.07 Å². The lowest BCUT2D eigenvalue weighted by atomic mass is 10.1. The zero-order chi connectivity index (χ0) is 18.6. The molecule has 2 aliphatic rings. The van der Waals surface area contributed by atoms with Gasteiger partial charge in [-0.3, -0.25) is 9.36 Å². The molecule has 4 rings (SSSR count). The van der Waals surface area contributed by atoms with Crippen LogP contribution < -0.4 is 10.2 Å². The van der Waals surface area contributed by atoms with Crippen molar-refractivity contribution in [2.45, 2.75) is 43.3 Å². The average molecular weight is 382 g/mol. The van der Waals surface area contributed by atoms with E-state index >= 15 is 0 Å². The number of hydrogen-bond donors (Lipinski definition) is 1. The van der Waals surface area contributed by atoms with E-state index in [4.69, 9.17) is 5.26 Å². The summed E-state index contributed by atoms with van der Waals surface area (Å²) in [6.45, 7) is 2.06. The van der Waals surface area contributed by atoms with Crippen LogP contribution in [0.25, 0.3) is 0 Å². The number of thioether (sulfide) groups is 1. The van der Waals surface area contributed by atoms with Crippen LogP contribution in [0.3, 0.4) is 0 Å². The minimum absolute atomic E-state index is 0.146. The summed E-state index contributed by atoms with van der Waals surface area (Å²) < 4.78 is 2.21. The summed E-state index contributed by atoms with van der Waals surface area (Å²) >= 11 is 1.41. The van der Waals surface area contributed by atoms with Crippen molar-refractivity contribution in [2.75, 3.05) is 29.1 Å². The summed E-state index contributed by atoms with van der Waals surface area (Å²) in [5.41, 5.74) is 1.01. The molecule has 0 bridgehead atoms. The van der Waals surface area contributed by atoms with Crippen molar-refractivity contribution in [3.63, 3.8) is 0 Å². The van der Waals surface area contributed by atoms with Crippen LogP contribution in [-0.2, 0) is 4.79 Å². The number of para-hydroxylation sites is 1. The van der Waals surface area contributed by atoms with Crippen molar-refractivity contribution >= 4 is 29.3 Å². The first-order valence-electron chi connectivity index (χ1n) is 9.38. The predicted molar refractivity (Wildman–Crippen MR) is 105 cm³/mol. The predicted octanol–water partition coefficient (Wildman–Crippen LogP) is 3.21. The third-order valence-corrected chi connectivity index (χ3v) is 5.79. The van der Waals surface area contributed by atoms with Gasteiger partial charge in [0.15, 0.2) is 5.16 Å². The molecule has 27 heavy (non-hydrogen) atoms. The number of nitrogens with zero attached hydrogens (tertiary/aromatic N) is 5. The zero-order valence-corrected chi connectivity index (χ0v) is 15.9. The lowest BCUT2D eigenvalue weighted by Gasteiger charge is -2.27. The Morgan fingerprint density at radius 1 is 1.22 bits per heavy atom. The Bertz CT molecular complexity index is 863. The third-order valence-electron chi connectivity index (χ3n) is 4.85. The number of carbonyl (C=O) groups is 1. The van der Waals surface area contributed by atoms with Crippen LogP contribution in [0.5, 0.6) is 0 Å². The van der Waals surface area contributed by atoms with Gasteiger partial charge < -0.3 is 10.2 Å². The highest BCUT2D eigenvalue weighted by Gasteiger charge is 2.32. The molecule has 0 spiro atoms. The number of benzene rings is 1. The van der Waals surface area contributed by atoms with E-state index < -0.39 is 0 Å². The van der Waals surface area contributed by atoms with Gasteiger partial charge in [0.1, 0.15) is 6.07 Å². The second kappa shape index (κ2) is 8.01. The molecule has 1 aliphatic heterocycles. The second-order valence-electron chi connectivity index (χ2n) is 6.93. The summed E-state index contributed by atoms with van der Waals surface area (Å²) in [6.07, 6.45) is 5.96. The molecule has 0 radical (unpaired) electrons. The van der Waals surface area contributed by atoms with Crippen molar-refractivity contribution in [1.82, 2.24) is 14.8 Å². The highest BCUT2D eigenvalue weighted by molar-refractivity contribution is 7.99. The molecule has 2 fully saturated rings. The second-order valence-corrected chi connectivity index (χ2v) is 7.87. The van der Waals surface area contributed by atoms with Crippen molar-refractivity contribution in [2.24, 2.45) is 0 Å². The molecular formula is C19H22N6OS. The number of amides is 1.